The van der Waals surface area contributed by atoms with E-state index in [0.29, 0.717) is 23.8 Å². The fourth-order valence-electron chi connectivity index (χ4n) is 3.22. The van der Waals surface area contributed by atoms with Gasteiger partial charge in [-0.3, -0.25) is 20.4 Å². The molecule has 0 aliphatic heterocycles. The van der Waals surface area contributed by atoms with Crippen LogP contribution in [0.15, 0.2) is 53.0 Å². The van der Waals surface area contributed by atoms with Crippen LogP contribution in [0.2, 0.25) is 0 Å². The summed E-state index contributed by atoms with van der Waals surface area (Å²) >= 11 is 1.34. The molecule has 0 saturated heterocycles. The van der Waals surface area contributed by atoms with E-state index >= 15 is 0 Å². The Morgan fingerprint density at radius 2 is 2.00 bits per heavy atom. The zero-order valence-electron chi connectivity index (χ0n) is 17.1. The maximum atomic E-state index is 13.6. The Kier molecular flexibility index (Phi) is 6.03. The lowest BCUT2D eigenvalue weighted by Gasteiger charge is -2.11. The van der Waals surface area contributed by atoms with Crippen LogP contribution in [0.5, 0.6) is 0 Å². The van der Waals surface area contributed by atoms with E-state index < -0.39 is 0 Å². The molecule has 31 heavy (non-hydrogen) atoms. The van der Waals surface area contributed by atoms with E-state index in [1.54, 1.807) is 12.1 Å². The van der Waals surface area contributed by atoms with Crippen molar-refractivity contribution in [3.8, 4) is 0 Å². The molecule has 0 saturated carbocycles. The maximum Gasteiger partial charge on any atom is 0.268 e. The maximum absolute atomic E-state index is 13.6. The molecule has 0 fully saturated rings. The van der Waals surface area contributed by atoms with Crippen LogP contribution in [0.1, 0.15) is 26.6 Å². The Hall–Kier alpha value is -3.59. The zero-order chi connectivity index (χ0) is 21.8. The Balaban J connectivity index is 1.54. The second-order valence-electron chi connectivity index (χ2n) is 7.01. The molecular formula is C22H21FN6OS. The van der Waals surface area contributed by atoms with Gasteiger partial charge in [0.05, 0.1) is 4.88 Å². The monoisotopic (exact) mass is 436 g/mol. The van der Waals surface area contributed by atoms with Crippen LogP contribution in [-0.4, -0.2) is 33.4 Å². The Morgan fingerprint density at radius 3 is 2.74 bits per heavy atom. The number of hydrogen-bond donors (Lipinski definition) is 3. The van der Waals surface area contributed by atoms with Crippen molar-refractivity contribution < 1.29 is 9.18 Å². The molecule has 1 aromatic carbocycles. The minimum absolute atomic E-state index is 0.259. The van der Waals surface area contributed by atoms with Gasteiger partial charge in [-0.1, -0.05) is 6.07 Å². The summed E-state index contributed by atoms with van der Waals surface area (Å²) in [6, 6.07) is 10.1. The summed E-state index contributed by atoms with van der Waals surface area (Å²) < 4.78 is 13.6. The number of amides is 1. The second kappa shape index (κ2) is 9.05. The molecule has 9 heteroatoms. The average molecular weight is 437 g/mol. The molecule has 0 bridgehead atoms. The zero-order valence-corrected chi connectivity index (χ0v) is 17.9. The number of fused-ring (bicyclic) bond motifs is 1. The number of nitrogens with zero attached hydrogens (tertiary/aromatic N) is 3. The Morgan fingerprint density at radius 1 is 1.19 bits per heavy atom. The number of thiophene rings is 1. The molecular weight excluding hydrogens is 415 g/mol. The van der Waals surface area contributed by atoms with Crippen LogP contribution < -0.4 is 10.6 Å². The van der Waals surface area contributed by atoms with Crippen molar-refractivity contribution in [3.05, 3.63) is 75.6 Å². The van der Waals surface area contributed by atoms with E-state index in [2.05, 4.69) is 30.6 Å². The van der Waals surface area contributed by atoms with E-state index in [4.69, 9.17) is 0 Å². The Labute approximate surface area is 182 Å². The number of anilines is 1. The van der Waals surface area contributed by atoms with Crippen LogP contribution in [0.4, 0.5) is 10.3 Å². The number of hydrogen-bond acceptors (Lipinski definition) is 5. The number of nitrogens with one attached hydrogen (secondary N) is 3. The largest absolute Gasteiger partial charge is 0.361 e. The summed E-state index contributed by atoms with van der Waals surface area (Å²) in [6.07, 6.45) is 2.42. The third-order valence-corrected chi connectivity index (χ3v) is 5.44. The first-order valence-corrected chi connectivity index (χ1v) is 10.6. The lowest BCUT2D eigenvalue weighted by Crippen LogP contribution is -2.36. The van der Waals surface area contributed by atoms with E-state index in [1.807, 2.05) is 37.6 Å². The van der Waals surface area contributed by atoms with Crippen molar-refractivity contribution in [2.45, 2.75) is 20.3 Å². The SMILES string of the molecule is Cc1cc(C)nc(NC(=NCCc2c[nH]c3ccc(F)cc23)NC(=O)c2cccs2)n1. The number of carbonyl (C=O) groups is 1. The van der Waals surface area contributed by atoms with Crippen molar-refractivity contribution >= 4 is 40.1 Å². The number of aromatic amines is 1. The molecule has 0 spiro atoms. The highest BCUT2D eigenvalue weighted by Crippen LogP contribution is 2.20. The molecule has 0 unspecified atom stereocenters. The lowest BCUT2D eigenvalue weighted by molar-refractivity contribution is 0.0981. The number of aliphatic imine (C=N–C) groups is 1. The standard InChI is InChI=1S/C22H21FN6OS/c1-13-10-14(2)27-22(26-13)29-21(28-20(30)19-4-3-9-31-19)24-8-7-15-12-25-18-6-5-16(23)11-17(15)18/h3-6,9-12,25H,7-8H2,1-2H3,(H2,24,26,27,28,29,30). The molecule has 0 radical (unpaired) electrons. The smallest absolute Gasteiger partial charge is 0.268 e. The second-order valence-corrected chi connectivity index (χ2v) is 7.96. The highest BCUT2D eigenvalue weighted by atomic mass is 32.1. The van der Waals surface area contributed by atoms with Gasteiger partial charge in [0.25, 0.3) is 5.91 Å². The summed E-state index contributed by atoms with van der Waals surface area (Å²) in [5.74, 6) is 0.0699. The van der Waals surface area contributed by atoms with Crippen LogP contribution in [0, 0.1) is 19.7 Å². The molecule has 1 amide bonds. The topological polar surface area (TPSA) is 95.1 Å². The molecule has 0 aliphatic carbocycles. The minimum atomic E-state index is -0.283. The third kappa shape index (κ3) is 5.13. The summed E-state index contributed by atoms with van der Waals surface area (Å²) in [5, 5.41) is 8.47. The van der Waals surface area contributed by atoms with Crippen LogP contribution >= 0.6 is 11.3 Å². The first kappa shape index (κ1) is 20.7. The van der Waals surface area contributed by atoms with Crippen LogP contribution in [-0.2, 0) is 6.42 Å². The van der Waals surface area contributed by atoms with Gasteiger partial charge in [0.1, 0.15) is 5.82 Å². The molecule has 158 valence electrons. The number of halogens is 1. The summed E-state index contributed by atoms with van der Waals surface area (Å²) in [5.41, 5.74) is 3.43. The number of aromatic nitrogens is 3. The lowest BCUT2D eigenvalue weighted by atomic mass is 10.1. The summed E-state index contributed by atoms with van der Waals surface area (Å²) in [7, 11) is 0. The van der Waals surface area contributed by atoms with Gasteiger partial charge in [-0.2, -0.15) is 0 Å². The number of H-pyrrole nitrogens is 1. The van der Waals surface area contributed by atoms with Crippen molar-refractivity contribution in [2.24, 2.45) is 4.99 Å². The summed E-state index contributed by atoms with van der Waals surface area (Å²) in [6.45, 7) is 4.12. The number of carbonyl (C=O) groups excluding carboxylic acids is 1. The minimum Gasteiger partial charge on any atom is -0.361 e. The van der Waals surface area contributed by atoms with E-state index in [9.17, 15) is 9.18 Å². The predicted molar refractivity (Wildman–Crippen MR) is 121 cm³/mol. The van der Waals surface area contributed by atoms with Gasteiger partial charge in [0.2, 0.25) is 11.9 Å². The molecule has 0 atom stereocenters. The quantitative estimate of drug-likeness (QED) is 0.323. The first-order valence-electron chi connectivity index (χ1n) is 9.72. The number of benzene rings is 1. The summed E-state index contributed by atoms with van der Waals surface area (Å²) in [4.78, 5) is 29.5. The first-order chi connectivity index (χ1) is 15.0. The normalized spacial score (nSPS) is 11.6. The van der Waals surface area contributed by atoms with Crippen molar-refractivity contribution in [3.63, 3.8) is 0 Å². The van der Waals surface area contributed by atoms with Gasteiger partial charge in [0.15, 0.2) is 0 Å². The van der Waals surface area contributed by atoms with Crippen LogP contribution in [0.25, 0.3) is 10.9 Å². The van der Waals surface area contributed by atoms with Gasteiger partial charge < -0.3 is 4.98 Å². The number of guanidine groups is 1. The van der Waals surface area contributed by atoms with Crippen molar-refractivity contribution in [1.29, 1.82) is 0 Å². The molecule has 3 aromatic heterocycles. The predicted octanol–water partition coefficient (Wildman–Crippen LogP) is 4.22. The van der Waals surface area contributed by atoms with E-state index in [-0.39, 0.29) is 17.7 Å². The fourth-order valence-corrected chi connectivity index (χ4v) is 3.84. The van der Waals surface area contributed by atoms with Gasteiger partial charge in [-0.15, -0.1) is 11.3 Å². The molecule has 4 rings (SSSR count). The molecule has 4 aromatic rings. The van der Waals surface area contributed by atoms with Gasteiger partial charge in [-0.05, 0) is 61.5 Å². The van der Waals surface area contributed by atoms with Crippen molar-refractivity contribution in [1.82, 2.24) is 20.3 Å². The van der Waals surface area contributed by atoms with Gasteiger partial charge in [0, 0.05) is 35.0 Å². The van der Waals surface area contributed by atoms with Crippen LogP contribution in [0.3, 0.4) is 0 Å². The average Bonchev–Trinajstić information content (AvgIpc) is 3.37. The van der Waals surface area contributed by atoms with E-state index in [0.717, 1.165) is 27.9 Å². The molecule has 7 nitrogen and oxygen atoms in total. The van der Waals surface area contributed by atoms with E-state index in [1.165, 1.54) is 23.5 Å². The fraction of sp³-hybridized carbons (Fsp3) is 0.182. The van der Waals surface area contributed by atoms with Crippen molar-refractivity contribution in [2.75, 3.05) is 11.9 Å². The number of rotatable bonds is 5. The highest BCUT2D eigenvalue weighted by molar-refractivity contribution is 7.12. The number of aryl methyl sites for hydroxylation is 2. The van der Waals surface area contributed by atoms with Gasteiger partial charge >= 0.3 is 0 Å². The molecule has 3 heterocycles. The Bertz CT molecular complexity index is 1230. The highest BCUT2D eigenvalue weighted by Gasteiger charge is 2.12. The molecule has 3 N–H and O–H groups in total. The third-order valence-electron chi connectivity index (χ3n) is 4.57. The molecule has 0 aliphatic rings. The van der Waals surface area contributed by atoms with Gasteiger partial charge in [-0.25, -0.2) is 14.4 Å².